The number of hydrogen-bond acceptors (Lipinski definition) is 9. The molecule has 0 spiro atoms. The summed E-state index contributed by atoms with van der Waals surface area (Å²) in [6.07, 6.45) is 0. The van der Waals surface area contributed by atoms with Crippen molar-refractivity contribution in [1.82, 2.24) is 19.6 Å². The van der Waals surface area contributed by atoms with Crippen LogP contribution in [0.25, 0.3) is 0 Å². The zero-order valence-corrected chi connectivity index (χ0v) is 17.8. The number of nitrogens with two attached hydrogens (primary N) is 1. The van der Waals surface area contributed by atoms with E-state index >= 15 is 0 Å². The van der Waals surface area contributed by atoms with E-state index in [9.17, 15) is 22.8 Å². The Kier molecular flexibility index (Phi) is 6.97. The standard InChI is InChI=1S/C17H20N6O7S/c1-23(2)15(25)10-6-5-9(14(18)24)7-11(10)31(27,28)22-17(26)21-16-19-12(29-3)8-13(20-16)30-4/h5-8H,1-4H3,(H2,18,24)(H2,19,20,21,22,26). The molecule has 13 nitrogen and oxygen atoms in total. The number of anilines is 1. The van der Waals surface area contributed by atoms with Crippen LogP contribution in [0.4, 0.5) is 10.7 Å². The van der Waals surface area contributed by atoms with Gasteiger partial charge in [-0.1, -0.05) is 0 Å². The third-order valence-electron chi connectivity index (χ3n) is 3.74. The fraction of sp³-hybridized carbons (Fsp3) is 0.235. The Hall–Kier alpha value is -3.94. The molecule has 1 aromatic heterocycles. The van der Waals surface area contributed by atoms with E-state index in [1.165, 1.54) is 40.4 Å². The zero-order valence-electron chi connectivity index (χ0n) is 17.0. The molecule has 0 aliphatic carbocycles. The maximum Gasteiger partial charge on any atom is 0.335 e. The van der Waals surface area contributed by atoms with Crippen molar-refractivity contribution < 1.29 is 32.3 Å². The van der Waals surface area contributed by atoms with Gasteiger partial charge in [0.15, 0.2) is 0 Å². The number of ether oxygens (including phenoxy) is 2. The van der Waals surface area contributed by atoms with Crippen LogP contribution >= 0.6 is 0 Å². The van der Waals surface area contributed by atoms with Crippen LogP contribution < -0.4 is 25.2 Å². The van der Waals surface area contributed by atoms with E-state index in [2.05, 4.69) is 15.3 Å². The second-order valence-corrected chi connectivity index (χ2v) is 7.76. The average molecular weight is 452 g/mol. The predicted octanol–water partition coefficient (Wildman–Crippen LogP) is -0.195. The van der Waals surface area contributed by atoms with Crippen LogP contribution in [0, 0.1) is 0 Å². The number of hydrogen-bond donors (Lipinski definition) is 3. The lowest BCUT2D eigenvalue weighted by atomic mass is 10.1. The van der Waals surface area contributed by atoms with Crippen LogP contribution in [0.1, 0.15) is 20.7 Å². The fourth-order valence-electron chi connectivity index (χ4n) is 2.29. The number of carbonyl (C=O) groups is 3. The van der Waals surface area contributed by atoms with Gasteiger partial charge >= 0.3 is 6.03 Å². The van der Waals surface area contributed by atoms with Gasteiger partial charge in [0.1, 0.15) is 4.90 Å². The topological polar surface area (TPSA) is 183 Å². The zero-order chi connectivity index (χ0) is 23.3. The number of aromatic nitrogens is 2. The highest BCUT2D eigenvalue weighted by molar-refractivity contribution is 7.90. The second kappa shape index (κ2) is 9.25. The van der Waals surface area contributed by atoms with Gasteiger partial charge in [-0.2, -0.15) is 9.97 Å². The summed E-state index contributed by atoms with van der Waals surface area (Å²) in [5.41, 5.74) is 4.76. The minimum atomic E-state index is -4.61. The van der Waals surface area contributed by atoms with Crippen molar-refractivity contribution in [2.24, 2.45) is 5.73 Å². The summed E-state index contributed by atoms with van der Waals surface area (Å²) in [7, 11) is 0.860. The molecule has 0 saturated carbocycles. The number of nitrogens with zero attached hydrogens (tertiary/aromatic N) is 3. The third-order valence-corrected chi connectivity index (χ3v) is 5.11. The van der Waals surface area contributed by atoms with Crippen molar-refractivity contribution >= 4 is 33.8 Å². The first-order chi connectivity index (χ1) is 14.5. The molecule has 1 heterocycles. The average Bonchev–Trinajstić information content (AvgIpc) is 2.71. The summed E-state index contributed by atoms with van der Waals surface area (Å²) in [6, 6.07) is 3.34. The highest BCUT2D eigenvalue weighted by Crippen LogP contribution is 2.20. The summed E-state index contributed by atoms with van der Waals surface area (Å²) in [5.74, 6) is -1.78. The van der Waals surface area contributed by atoms with Crippen LogP contribution in [-0.4, -0.2) is 69.4 Å². The van der Waals surface area contributed by atoms with Gasteiger partial charge in [0.05, 0.1) is 25.8 Å². The molecule has 0 aliphatic heterocycles. The smallest absolute Gasteiger partial charge is 0.335 e. The van der Waals surface area contributed by atoms with E-state index in [1.807, 2.05) is 0 Å². The molecule has 2 rings (SSSR count). The van der Waals surface area contributed by atoms with Gasteiger partial charge < -0.3 is 20.1 Å². The van der Waals surface area contributed by atoms with Gasteiger partial charge in [-0.05, 0) is 18.2 Å². The maximum absolute atomic E-state index is 12.8. The Bertz CT molecular complexity index is 1110. The number of primary amides is 1. The summed E-state index contributed by atoms with van der Waals surface area (Å²) < 4.78 is 37.3. The molecule has 0 atom stereocenters. The molecule has 0 saturated heterocycles. The molecule has 0 unspecified atom stereocenters. The number of rotatable bonds is 7. The number of amides is 4. The minimum absolute atomic E-state index is 0.0537. The molecule has 2 aromatic rings. The van der Waals surface area contributed by atoms with E-state index in [1.54, 1.807) is 4.72 Å². The molecule has 4 amide bonds. The summed E-state index contributed by atoms with van der Waals surface area (Å²) in [4.78, 5) is 44.4. The van der Waals surface area contributed by atoms with E-state index in [0.29, 0.717) is 0 Å². The lowest BCUT2D eigenvalue weighted by molar-refractivity contribution is 0.0823. The van der Waals surface area contributed by atoms with E-state index in [-0.39, 0.29) is 28.8 Å². The highest BCUT2D eigenvalue weighted by atomic mass is 32.2. The van der Waals surface area contributed by atoms with Crippen LogP contribution in [0.15, 0.2) is 29.2 Å². The normalized spacial score (nSPS) is 10.7. The molecule has 0 bridgehead atoms. The van der Waals surface area contributed by atoms with Crippen molar-refractivity contribution in [3.05, 3.63) is 35.4 Å². The third kappa shape index (κ3) is 5.57. The first kappa shape index (κ1) is 23.3. The number of nitrogens with one attached hydrogen (secondary N) is 2. The maximum atomic E-state index is 12.8. The Balaban J connectivity index is 2.39. The Morgan fingerprint density at radius 3 is 2.10 bits per heavy atom. The summed E-state index contributed by atoms with van der Waals surface area (Å²) in [6.45, 7) is 0. The van der Waals surface area contributed by atoms with Crippen molar-refractivity contribution in [3.8, 4) is 11.8 Å². The van der Waals surface area contributed by atoms with Gasteiger partial charge in [-0.3, -0.25) is 14.9 Å². The van der Waals surface area contributed by atoms with Crippen molar-refractivity contribution in [2.75, 3.05) is 33.6 Å². The monoisotopic (exact) mass is 452 g/mol. The van der Waals surface area contributed by atoms with E-state index < -0.39 is 32.8 Å². The Morgan fingerprint density at radius 1 is 1.03 bits per heavy atom. The largest absolute Gasteiger partial charge is 0.481 e. The molecule has 1 aromatic carbocycles. The van der Waals surface area contributed by atoms with Crippen molar-refractivity contribution in [3.63, 3.8) is 0 Å². The molecule has 0 fully saturated rings. The predicted molar refractivity (Wildman–Crippen MR) is 107 cm³/mol. The van der Waals surface area contributed by atoms with Gasteiger partial charge in [0, 0.05) is 19.7 Å². The molecule has 31 heavy (non-hydrogen) atoms. The second-order valence-electron chi connectivity index (χ2n) is 6.11. The van der Waals surface area contributed by atoms with Crippen LogP contribution in [0.2, 0.25) is 0 Å². The van der Waals surface area contributed by atoms with Crippen LogP contribution in [-0.2, 0) is 10.0 Å². The SMILES string of the molecule is COc1cc(OC)nc(NC(=O)NS(=O)(=O)c2cc(C(N)=O)ccc2C(=O)N(C)C)n1. The molecular weight excluding hydrogens is 432 g/mol. The lowest BCUT2D eigenvalue weighted by Crippen LogP contribution is -2.36. The molecular formula is C17H20N6O7S. The molecule has 14 heteroatoms. The molecule has 4 N–H and O–H groups in total. The summed E-state index contributed by atoms with van der Waals surface area (Å²) in [5, 5.41) is 2.13. The first-order valence-electron chi connectivity index (χ1n) is 8.45. The lowest BCUT2D eigenvalue weighted by Gasteiger charge is -2.15. The molecule has 0 radical (unpaired) electrons. The van der Waals surface area contributed by atoms with E-state index in [0.717, 1.165) is 17.0 Å². The first-order valence-corrected chi connectivity index (χ1v) is 9.93. The fourth-order valence-corrected chi connectivity index (χ4v) is 3.42. The summed E-state index contributed by atoms with van der Waals surface area (Å²) >= 11 is 0. The number of benzene rings is 1. The Morgan fingerprint density at radius 2 is 1.61 bits per heavy atom. The number of sulfonamides is 1. The Labute approximate surface area is 177 Å². The molecule has 0 aliphatic rings. The number of urea groups is 1. The van der Waals surface area contributed by atoms with Crippen LogP contribution in [0.5, 0.6) is 11.8 Å². The highest BCUT2D eigenvalue weighted by Gasteiger charge is 2.27. The number of carbonyl (C=O) groups excluding carboxylic acids is 3. The van der Waals surface area contributed by atoms with E-state index in [4.69, 9.17) is 15.2 Å². The van der Waals surface area contributed by atoms with Gasteiger partial charge in [-0.25, -0.2) is 17.9 Å². The molecule has 166 valence electrons. The quantitative estimate of drug-likeness (QED) is 0.512. The van der Waals surface area contributed by atoms with Gasteiger partial charge in [0.25, 0.3) is 15.9 Å². The number of methoxy groups -OCH3 is 2. The minimum Gasteiger partial charge on any atom is -0.481 e. The van der Waals surface area contributed by atoms with Crippen LogP contribution in [0.3, 0.4) is 0 Å². The van der Waals surface area contributed by atoms with Gasteiger partial charge in [0.2, 0.25) is 23.6 Å². The van der Waals surface area contributed by atoms with Crippen molar-refractivity contribution in [2.45, 2.75) is 4.90 Å². The van der Waals surface area contributed by atoms with Crippen molar-refractivity contribution in [1.29, 1.82) is 0 Å². The van der Waals surface area contributed by atoms with Gasteiger partial charge in [-0.15, -0.1) is 0 Å².